The van der Waals surface area contributed by atoms with Crippen molar-refractivity contribution in [2.45, 2.75) is 6.61 Å². The van der Waals surface area contributed by atoms with Crippen LogP contribution in [0.5, 0.6) is 5.75 Å². The van der Waals surface area contributed by atoms with Crippen molar-refractivity contribution in [1.82, 2.24) is 40.5 Å². The first-order chi connectivity index (χ1) is 14.7. The van der Waals surface area contributed by atoms with Crippen LogP contribution < -0.4 is 20.7 Å². The predicted molar refractivity (Wildman–Crippen MR) is 112 cm³/mol. The molecular weight excluding hydrogens is 384 g/mol. The Morgan fingerprint density at radius 3 is 2.87 bits per heavy atom. The number of rotatable bonds is 5. The lowest BCUT2D eigenvalue weighted by molar-refractivity contribution is 0.303. The largest absolute Gasteiger partial charge is 0.485 e. The van der Waals surface area contributed by atoms with Gasteiger partial charge >= 0.3 is 0 Å². The van der Waals surface area contributed by atoms with Crippen LogP contribution >= 0.6 is 0 Å². The van der Waals surface area contributed by atoms with Crippen molar-refractivity contribution in [3.05, 3.63) is 36.2 Å². The van der Waals surface area contributed by atoms with Gasteiger partial charge < -0.3 is 20.7 Å². The Morgan fingerprint density at radius 2 is 2.07 bits per heavy atom. The van der Waals surface area contributed by atoms with Gasteiger partial charge in [0.05, 0.1) is 5.69 Å². The Hall–Kier alpha value is -3.73. The van der Waals surface area contributed by atoms with Crippen LogP contribution in [-0.2, 0) is 13.7 Å². The SMILES string of the molecule is Cn1nc(COc2cc(N)nc3[nH]nnc23)cc1-c1ccc(N2CCNCC2)nc1. The highest BCUT2D eigenvalue weighted by Gasteiger charge is 2.14. The second kappa shape index (κ2) is 7.59. The maximum Gasteiger partial charge on any atom is 0.181 e. The van der Waals surface area contributed by atoms with E-state index in [2.05, 4.69) is 52.8 Å². The van der Waals surface area contributed by atoms with Crippen molar-refractivity contribution >= 4 is 22.8 Å². The van der Waals surface area contributed by atoms with E-state index < -0.39 is 0 Å². The van der Waals surface area contributed by atoms with Crippen molar-refractivity contribution in [1.29, 1.82) is 0 Å². The second-order valence-electron chi connectivity index (χ2n) is 7.13. The average Bonchev–Trinajstić information content (AvgIpc) is 3.39. The number of aromatic amines is 1. The molecule has 1 saturated heterocycles. The van der Waals surface area contributed by atoms with Crippen LogP contribution in [0, 0.1) is 0 Å². The third-order valence-electron chi connectivity index (χ3n) is 5.07. The fourth-order valence-corrected chi connectivity index (χ4v) is 3.58. The molecule has 0 bridgehead atoms. The van der Waals surface area contributed by atoms with E-state index in [9.17, 15) is 0 Å². The van der Waals surface area contributed by atoms with Gasteiger partial charge in [-0.15, -0.1) is 5.10 Å². The van der Waals surface area contributed by atoms with Crippen LogP contribution in [0.25, 0.3) is 22.4 Å². The van der Waals surface area contributed by atoms with E-state index in [1.54, 1.807) is 6.07 Å². The minimum atomic E-state index is 0.269. The summed E-state index contributed by atoms with van der Waals surface area (Å²) in [5.41, 5.74) is 9.60. The van der Waals surface area contributed by atoms with Gasteiger partial charge in [-0.1, -0.05) is 5.21 Å². The monoisotopic (exact) mass is 406 g/mol. The minimum Gasteiger partial charge on any atom is -0.485 e. The standard InChI is InChI=1S/C19H22N10O/c1-28-14(12-2-3-17(22-10-12)29-6-4-21-5-7-29)8-13(26-28)11-30-15-9-16(20)23-19-18(15)24-27-25-19/h2-3,8-10,21H,4-7,11H2,1H3,(H3,20,23,24,25,27). The molecule has 1 aliphatic heterocycles. The number of nitrogens with one attached hydrogen (secondary N) is 2. The summed E-state index contributed by atoms with van der Waals surface area (Å²) in [6, 6.07) is 7.76. The van der Waals surface area contributed by atoms with E-state index in [-0.39, 0.29) is 6.61 Å². The van der Waals surface area contributed by atoms with Crippen molar-refractivity contribution in [2.75, 3.05) is 36.8 Å². The fourth-order valence-electron chi connectivity index (χ4n) is 3.58. The van der Waals surface area contributed by atoms with E-state index >= 15 is 0 Å². The number of nitrogen functional groups attached to an aromatic ring is 1. The average molecular weight is 406 g/mol. The Morgan fingerprint density at radius 1 is 1.20 bits per heavy atom. The molecule has 1 fully saturated rings. The van der Waals surface area contributed by atoms with E-state index in [0.717, 1.165) is 48.9 Å². The van der Waals surface area contributed by atoms with Crippen LogP contribution in [0.2, 0.25) is 0 Å². The highest BCUT2D eigenvalue weighted by molar-refractivity contribution is 5.78. The van der Waals surface area contributed by atoms with Crippen LogP contribution in [0.1, 0.15) is 5.69 Å². The number of nitrogens with two attached hydrogens (primary N) is 1. The molecule has 11 heteroatoms. The maximum atomic E-state index is 5.90. The van der Waals surface area contributed by atoms with Gasteiger partial charge in [0.15, 0.2) is 16.9 Å². The Labute approximate surface area is 172 Å². The molecule has 0 aliphatic carbocycles. The number of aromatic nitrogens is 7. The van der Waals surface area contributed by atoms with Gasteiger partial charge in [0, 0.05) is 51.1 Å². The Bertz CT molecular complexity index is 1160. The van der Waals surface area contributed by atoms with E-state index in [1.165, 1.54) is 0 Å². The maximum absolute atomic E-state index is 5.90. The van der Waals surface area contributed by atoms with Crippen LogP contribution in [0.15, 0.2) is 30.5 Å². The number of hydrogen-bond acceptors (Lipinski definition) is 9. The highest BCUT2D eigenvalue weighted by atomic mass is 16.5. The first-order valence-corrected chi connectivity index (χ1v) is 9.72. The van der Waals surface area contributed by atoms with E-state index in [1.807, 2.05) is 24.0 Å². The zero-order valence-electron chi connectivity index (χ0n) is 16.5. The summed E-state index contributed by atoms with van der Waals surface area (Å²) in [5.74, 6) is 1.85. The van der Waals surface area contributed by atoms with Gasteiger partial charge in [0.1, 0.15) is 23.9 Å². The van der Waals surface area contributed by atoms with Gasteiger partial charge in [0.25, 0.3) is 0 Å². The lowest BCUT2D eigenvalue weighted by Crippen LogP contribution is -2.43. The number of anilines is 2. The number of fused-ring (bicyclic) bond motifs is 1. The fraction of sp³-hybridized carbons (Fsp3) is 0.316. The number of H-pyrrole nitrogens is 1. The Balaban J connectivity index is 1.32. The third kappa shape index (κ3) is 3.50. The molecule has 0 amide bonds. The Kier molecular flexibility index (Phi) is 4.64. The highest BCUT2D eigenvalue weighted by Crippen LogP contribution is 2.25. The van der Waals surface area contributed by atoms with Gasteiger partial charge in [0.2, 0.25) is 0 Å². The summed E-state index contributed by atoms with van der Waals surface area (Å²) in [6.45, 7) is 4.18. The lowest BCUT2D eigenvalue weighted by atomic mass is 10.2. The molecule has 0 spiro atoms. The summed E-state index contributed by atoms with van der Waals surface area (Å²) < 4.78 is 7.73. The molecular formula is C19H22N10O. The molecule has 11 nitrogen and oxygen atoms in total. The summed E-state index contributed by atoms with van der Waals surface area (Å²) in [6.07, 6.45) is 1.89. The van der Waals surface area contributed by atoms with Crippen molar-refractivity contribution in [3.63, 3.8) is 0 Å². The second-order valence-corrected chi connectivity index (χ2v) is 7.13. The van der Waals surface area contributed by atoms with Crippen molar-refractivity contribution in [3.8, 4) is 17.0 Å². The molecule has 30 heavy (non-hydrogen) atoms. The molecule has 1 aliphatic rings. The summed E-state index contributed by atoms with van der Waals surface area (Å²) >= 11 is 0. The van der Waals surface area contributed by atoms with E-state index in [0.29, 0.717) is 22.7 Å². The minimum absolute atomic E-state index is 0.269. The normalized spacial score (nSPS) is 14.4. The molecule has 154 valence electrons. The number of piperazine rings is 1. The van der Waals surface area contributed by atoms with Gasteiger partial charge in [-0.3, -0.25) is 4.68 Å². The van der Waals surface area contributed by atoms with Gasteiger partial charge in [-0.25, -0.2) is 15.1 Å². The topological polar surface area (TPSA) is 136 Å². The molecule has 4 aromatic rings. The first-order valence-electron chi connectivity index (χ1n) is 9.72. The molecule has 0 atom stereocenters. The summed E-state index contributed by atoms with van der Waals surface area (Å²) in [7, 11) is 1.91. The molecule has 5 heterocycles. The van der Waals surface area contributed by atoms with Gasteiger partial charge in [-0.2, -0.15) is 5.10 Å². The molecule has 4 aromatic heterocycles. The predicted octanol–water partition coefficient (Wildman–Crippen LogP) is 0.719. The number of pyridine rings is 2. The quantitative estimate of drug-likeness (QED) is 0.438. The van der Waals surface area contributed by atoms with Crippen LogP contribution in [0.4, 0.5) is 11.6 Å². The molecule has 0 saturated carbocycles. The van der Waals surface area contributed by atoms with Gasteiger partial charge in [-0.05, 0) is 18.2 Å². The summed E-state index contributed by atoms with van der Waals surface area (Å²) in [4.78, 5) is 11.1. The molecule has 5 rings (SSSR count). The lowest BCUT2D eigenvalue weighted by Gasteiger charge is -2.28. The zero-order valence-corrected chi connectivity index (χ0v) is 16.5. The number of ether oxygens (including phenoxy) is 1. The number of nitrogens with zero attached hydrogens (tertiary/aromatic N) is 7. The van der Waals surface area contributed by atoms with Crippen molar-refractivity contribution < 1.29 is 4.74 Å². The smallest absolute Gasteiger partial charge is 0.181 e. The zero-order chi connectivity index (χ0) is 20.5. The van der Waals surface area contributed by atoms with E-state index in [4.69, 9.17) is 10.5 Å². The number of hydrogen-bond donors (Lipinski definition) is 3. The van der Waals surface area contributed by atoms with Crippen molar-refractivity contribution in [2.24, 2.45) is 7.05 Å². The molecule has 0 unspecified atom stereocenters. The van der Waals surface area contributed by atoms with Crippen LogP contribution in [-0.4, -0.2) is 61.3 Å². The summed E-state index contributed by atoms with van der Waals surface area (Å²) in [5, 5.41) is 18.4. The van der Waals surface area contributed by atoms with Crippen LogP contribution in [0.3, 0.4) is 0 Å². The third-order valence-corrected chi connectivity index (χ3v) is 5.07. The molecule has 0 radical (unpaired) electrons. The molecule has 4 N–H and O–H groups in total. The number of aryl methyl sites for hydroxylation is 1. The molecule has 0 aromatic carbocycles. The first kappa shape index (κ1) is 18.3.